The lowest BCUT2D eigenvalue weighted by Crippen LogP contribution is -2.41. The molecule has 1 aliphatic rings. The number of nitrogens with zero attached hydrogens (tertiary/aromatic N) is 1. The third-order valence-electron chi connectivity index (χ3n) is 4.90. The molecule has 29 heavy (non-hydrogen) atoms. The molecule has 2 N–H and O–H groups in total. The Morgan fingerprint density at radius 2 is 1.83 bits per heavy atom. The minimum absolute atomic E-state index is 0.0760. The Balaban J connectivity index is 1.56. The van der Waals surface area contributed by atoms with Crippen LogP contribution in [-0.2, 0) is 16.0 Å². The van der Waals surface area contributed by atoms with Crippen LogP contribution in [0.4, 0.5) is 10.5 Å². The highest BCUT2D eigenvalue weighted by Gasteiger charge is 2.28. The number of carbonyl (C=O) groups excluding carboxylic acids is 2. The summed E-state index contributed by atoms with van der Waals surface area (Å²) in [6.45, 7) is 8.83. The van der Waals surface area contributed by atoms with E-state index >= 15 is 0 Å². The van der Waals surface area contributed by atoms with Gasteiger partial charge in [0.25, 0.3) is 0 Å². The standard InChI is InChI=1S/C22H29N3O3S/c1-22(2,3)20(18-5-4-14-29-18)24-21(27)23-17-8-6-16(7-9-17)15-19(26)25-10-12-28-13-11-25/h4-9,14,20H,10-13,15H2,1-3H3,(H2,23,24,27). The first-order valence-electron chi connectivity index (χ1n) is 9.88. The molecule has 0 radical (unpaired) electrons. The topological polar surface area (TPSA) is 70.7 Å². The van der Waals surface area contributed by atoms with E-state index in [0.717, 1.165) is 10.4 Å². The molecule has 1 aromatic heterocycles. The number of thiophene rings is 1. The Bertz CT molecular complexity index is 807. The highest BCUT2D eigenvalue weighted by molar-refractivity contribution is 7.10. The summed E-state index contributed by atoms with van der Waals surface area (Å²) in [4.78, 5) is 27.9. The molecule has 1 aromatic carbocycles. The van der Waals surface area contributed by atoms with Crippen LogP contribution in [0, 0.1) is 5.41 Å². The van der Waals surface area contributed by atoms with Crippen molar-refractivity contribution in [2.45, 2.75) is 33.2 Å². The van der Waals surface area contributed by atoms with Crippen LogP contribution in [0.1, 0.15) is 37.3 Å². The number of urea groups is 1. The number of morpholine rings is 1. The van der Waals surface area contributed by atoms with Gasteiger partial charge in [-0.15, -0.1) is 11.3 Å². The van der Waals surface area contributed by atoms with E-state index in [4.69, 9.17) is 4.74 Å². The van der Waals surface area contributed by atoms with Crippen LogP contribution < -0.4 is 10.6 Å². The maximum Gasteiger partial charge on any atom is 0.319 e. The van der Waals surface area contributed by atoms with Crippen molar-refractivity contribution in [2.24, 2.45) is 5.41 Å². The number of anilines is 1. The van der Waals surface area contributed by atoms with E-state index in [1.807, 2.05) is 46.7 Å². The van der Waals surface area contributed by atoms with Crippen molar-refractivity contribution < 1.29 is 14.3 Å². The maximum absolute atomic E-state index is 12.5. The molecule has 2 heterocycles. The van der Waals surface area contributed by atoms with Crippen LogP contribution >= 0.6 is 11.3 Å². The molecule has 0 bridgehead atoms. The van der Waals surface area contributed by atoms with Crippen molar-refractivity contribution in [3.63, 3.8) is 0 Å². The Kier molecular flexibility index (Phi) is 6.92. The zero-order valence-corrected chi connectivity index (χ0v) is 18.1. The molecule has 3 rings (SSSR count). The average Bonchev–Trinajstić information content (AvgIpc) is 3.21. The number of hydrogen-bond donors (Lipinski definition) is 2. The predicted molar refractivity (Wildman–Crippen MR) is 116 cm³/mol. The van der Waals surface area contributed by atoms with Gasteiger partial charge < -0.3 is 20.3 Å². The van der Waals surface area contributed by atoms with Crippen LogP contribution in [0.3, 0.4) is 0 Å². The Morgan fingerprint density at radius 3 is 2.41 bits per heavy atom. The number of hydrogen-bond acceptors (Lipinski definition) is 4. The van der Waals surface area contributed by atoms with Gasteiger partial charge in [0, 0.05) is 23.7 Å². The van der Waals surface area contributed by atoms with E-state index in [1.54, 1.807) is 11.3 Å². The molecule has 6 nitrogen and oxygen atoms in total. The first-order valence-corrected chi connectivity index (χ1v) is 10.8. The van der Waals surface area contributed by atoms with E-state index in [-0.39, 0.29) is 23.4 Å². The smallest absolute Gasteiger partial charge is 0.319 e. The van der Waals surface area contributed by atoms with E-state index < -0.39 is 0 Å². The molecule has 7 heteroatoms. The SMILES string of the molecule is CC(C)(C)C(NC(=O)Nc1ccc(CC(=O)N2CCOCC2)cc1)c1cccs1. The normalized spacial score (nSPS) is 15.6. The summed E-state index contributed by atoms with van der Waals surface area (Å²) < 4.78 is 5.29. The van der Waals surface area contributed by atoms with Gasteiger partial charge in [-0.25, -0.2) is 4.79 Å². The molecule has 0 aliphatic carbocycles. The second kappa shape index (κ2) is 9.41. The number of nitrogens with one attached hydrogen (secondary N) is 2. The van der Waals surface area contributed by atoms with Gasteiger partial charge in [0.05, 0.1) is 25.7 Å². The lowest BCUT2D eigenvalue weighted by molar-refractivity contribution is -0.134. The van der Waals surface area contributed by atoms with Gasteiger partial charge in [-0.1, -0.05) is 39.0 Å². The Hall–Kier alpha value is -2.38. The molecule has 1 unspecified atom stereocenters. The molecule has 2 aromatic rings. The summed E-state index contributed by atoms with van der Waals surface area (Å²) in [5.74, 6) is 0.107. The van der Waals surface area contributed by atoms with Gasteiger partial charge in [-0.3, -0.25) is 4.79 Å². The van der Waals surface area contributed by atoms with Crippen molar-refractivity contribution in [1.29, 1.82) is 0 Å². The van der Waals surface area contributed by atoms with E-state index in [1.165, 1.54) is 0 Å². The molecule has 3 amide bonds. The summed E-state index contributed by atoms with van der Waals surface area (Å²) >= 11 is 1.64. The third kappa shape index (κ3) is 6.05. The summed E-state index contributed by atoms with van der Waals surface area (Å²) in [5, 5.41) is 8.00. The summed E-state index contributed by atoms with van der Waals surface area (Å²) in [6, 6.07) is 11.2. The number of benzene rings is 1. The highest BCUT2D eigenvalue weighted by Crippen LogP contribution is 2.35. The van der Waals surface area contributed by atoms with Crippen molar-refractivity contribution in [3.05, 3.63) is 52.2 Å². The molecule has 156 valence electrons. The molecular formula is C22H29N3O3S. The number of rotatable bonds is 5. The van der Waals surface area contributed by atoms with Crippen LogP contribution in [0.2, 0.25) is 0 Å². The van der Waals surface area contributed by atoms with Crippen LogP contribution in [0.15, 0.2) is 41.8 Å². The van der Waals surface area contributed by atoms with Gasteiger partial charge in [-0.05, 0) is 34.6 Å². The van der Waals surface area contributed by atoms with Crippen molar-refractivity contribution in [1.82, 2.24) is 10.2 Å². The quantitative estimate of drug-likeness (QED) is 0.774. The second-order valence-electron chi connectivity index (χ2n) is 8.28. The van der Waals surface area contributed by atoms with Gasteiger partial charge >= 0.3 is 6.03 Å². The maximum atomic E-state index is 12.5. The minimum atomic E-state index is -0.240. The summed E-state index contributed by atoms with van der Waals surface area (Å²) in [7, 11) is 0. The zero-order valence-electron chi connectivity index (χ0n) is 17.2. The van der Waals surface area contributed by atoms with Gasteiger partial charge in [0.1, 0.15) is 0 Å². The lowest BCUT2D eigenvalue weighted by Gasteiger charge is -2.30. The highest BCUT2D eigenvalue weighted by atomic mass is 32.1. The van der Waals surface area contributed by atoms with E-state index in [9.17, 15) is 9.59 Å². The first kappa shape index (κ1) is 21.3. The Morgan fingerprint density at radius 1 is 1.14 bits per heavy atom. The molecule has 1 atom stereocenters. The largest absolute Gasteiger partial charge is 0.378 e. The first-order chi connectivity index (χ1) is 13.8. The second-order valence-corrected chi connectivity index (χ2v) is 9.26. The van der Waals surface area contributed by atoms with Gasteiger partial charge in [-0.2, -0.15) is 0 Å². The average molecular weight is 416 g/mol. The minimum Gasteiger partial charge on any atom is -0.378 e. The molecule has 0 saturated carbocycles. The van der Waals surface area contributed by atoms with Crippen LogP contribution in [0.5, 0.6) is 0 Å². The lowest BCUT2D eigenvalue weighted by atomic mass is 9.86. The van der Waals surface area contributed by atoms with Crippen molar-refractivity contribution in [3.8, 4) is 0 Å². The van der Waals surface area contributed by atoms with Gasteiger partial charge in [0.15, 0.2) is 0 Å². The molecule has 1 fully saturated rings. The van der Waals surface area contributed by atoms with Crippen molar-refractivity contribution in [2.75, 3.05) is 31.6 Å². The summed E-state index contributed by atoms with van der Waals surface area (Å²) in [6.07, 6.45) is 0.358. The fourth-order valence-electron chi connectivity index (χ4n) is 3.27. The van der Waals surface area contributed by atoms with Gasteiger partial charge in [0.2, 0.25) is 5.91 Å². The Labute approximate surface area is 176 Å². The molecule has 1 aliphatic heterocycles. The monoisotopic (exact) mass is 415 g/mol. The number of ether oxygens (including phenoxy) is 1. The fourth-order valence-corrected chi connectivity index (χ4v) is 4.29. The van der Waals surface area contributed by atoms with E-state index in [0.29, 0.717) is 38.4 Å². The molecule has 1 saturated heterocycles. The number of carbonyl (C=O) groups is 2. The zero-order chi connectivity index (χ0) is 20.9. The fraction of sp³-hybridized carbons (Fsp3) is 0.455. The molecule has 0 spiro atoms. The predicted octanol–water partition coefficient (Wildman–Crippen LogP) is 4.06. The van der Waals surface area contributed by atoms with Crippen molar-refractivity contribution >= 4 is 29.0 Å². The number of amides is 3. The molecular weight excluding hydrogens is 386 g/mol. The third-order valence-corrected chi connectivity index (χ3v) is 5.84. The summed E-state index contributed by atoms with van der Waals surface area (Å²) in [5.41, 5.74) is 1.52. The van der Waals surface area contributed by atoms with Crippen LogP contribution in [0.25, 0.3) is 0 Å². The van der Waals surface area contributed by atoms with Crippen LogP contribution in [-0.4, -0.2) is 43.1 Å². The van der Waals surface area contributed by atoms with E-state index in [2.05, 4.69) is 31.4 Å².